The summed E-state index contributed by atoms with van der Waals surface area (Å²) < 4.78 is 2.34. The molecule has 1 aromatic heterocycles. The molecule has 0 saturated carbocycles. The van der Waals surface area contributed by atoms with Crippen LogP contribution in [0.15, 0.2) is 39.3 Å². The van der Waals surface area contributed by atoms with Crippen molar-refractivity contribution in [2.75, 3.05) is 0 Å². The van der Waals surface area contributed by atoms with Gasteiger partial charge in [0.25, 0.3) is 0 Å². The molecule has 0 aliphatic carbocycles. The fraction of sp³-hybridized carbons (Fsp3) is 0.333. The van der Waals surface area contributed by atoms with E-state index in [0.29, 0.717) is 6.04 Å². The minimum atomic E-state index is 0.411. The molecule has 0 bridgehead atoms. The van der Waals surface area contributed by atoms with E-state index < -0.39 is 0 Å². The first kappa shape index (κ1) is 15.2. The van der Waals surface area contributed by atoms with Crippen molar-refractivity contribution in [3.05, 3.63) is 54.6 Å². The van der Waals surface area contributed by atoms with Crippen LogP contribution in [0.3, 0.4) is 0 Å². The summed E-state index contributed by atoms with van der Waals surface area (Å²) in [4.78, 5) is 2.72. The summed E-state index contributed by atoms with van der Waals surface area (Å²) in [5.41, 5.74) is 1.35. The van der Waals surface area contributed by atoms with Gasteiger partial charge in [-0.05, 0) is 53.0 Å². The average molecular weight is 403 g/mol. The smallest absolute Gasteiger partial charge is 0.0320 e. The normalized spacial score (nSPS) is 12.6. The molecular weight excluding hydrogens is 386 g/mol. The summed E-state index contributed by atoms with van der Waals surface area (Å²) in [6, 6.07) is 11.2. The predicted octanol–water partition coefficient (Wildman–Crippen LogP) is 5.82. The zero-order valence-electron chi connectivity index (χ0n) is 11.0. The fourth-order valence-corrected chi connectivity index (χ4v) is 3.84. The summed E-state index contributed by atoms with van der Waals surface area (Å²) >= 11 is 8.90. The van der Waals surface area contributed by atoms with Crippen LogP contribution in [0.25, 0.3) is 0 Å². The SMILES string of the molecule is CCC(NCc1cc(Br)c(C)s1)c1ccc(Br)cc1. The lowest BCUT2D eigenvalue weighted by Gasteiger charge is -2.17. The number of hydrogen-bond donors (Lipinski definition) is 1. The van der Waals surface area contributed by atoms with Crippen LogP contribution >= 0.6 is 43.2 Å². The second kappa shape index (κ2) is 7.02. The molecule has 0 aliphatic heterocycles. The number of nitrogens with one attached hydrogen (secondary N) is 1. The van der Waals surface area contributed by atoms with Crippen molar-refractivity contribution in [1.82, 2.24) is 5.32 Å². The molecule has 102 valence electrons. The monoisotopic (exact) mass is 401 g/mol. The molecule has 1 unspecified atom stereocenters. The van der Waals surface area contributed by atoms with Crippen LogP contribution < -0.4 is 5.32 Å². The predicted molar refractivity (Wildman–Crippen MR) is 90.8 cm³/mol. The number of hydrogen-bond acceptors (Lipinski definition) is 2. The van der Waals surface area contributed by atoms with Crippen molar-refractivity contribution in [1.29, 1.82) is 0 Å². The maximum atomic E-state index is 3.64. The van der Waals surface area contributed by atoms with Gasteiger partial charge in [0.1, 0.15) is 0 Å². The molecule has 4 heteroatoms. The van der Waals surface area contributed by atoms with E-state index in [1.54, 1.807) is 0 Å². The Morgan fingerprint density at radius 3 is 2.42 bits per heavy atom. The average Bonchev–Trinajstić information content (AvgIpc) is 2.71. The Morgan fingerprint density at radius 2 is 1.89 bits per heavy atom. The van der Waals surface area contributed by atoms with Crippen LogP contribution in [0, 0.1) is 6.92 Å². The van der Waals surface area contributed by atoms with Crippen molar-refractivity contribution in [2.24, 2.45) is 0 Å². The van der Waals surface area contributed by atoms with Crippen LogP contribution in [-0.2, 0) is 6.54 Å². The topological polar surface area (TPSA) is 12.0 Å². The highest BCUT2D eigenvalue weighted by molar-refractivity contribution is 9.10. The molecule has 1 atom stereocenters. The Morgan fingerprint density at radius 1 is 1.21 bits per heavy atom. The lowest BCUT2D eigenvalue weighted by atomic mass is 10.0. The van der Waals surface area contributed by atoms with Crippen LogP contribution in [0.2, 0.25) is 0 Å². The number of halogens is 2. The maximum absolute atomic E-state index is 3.64. The van der Waals surface area contributed by atoms with E-state index in [1.807, 2.05) is 11.3 Å². The zero-order chi connectivity index (χ0) is 13.8. The first-order valence-electron chi connectivity index (χ1n) is 6.33. The summed E-state index contributed by atoms with van der Waals surface area (Å²) in [7, 11) is 0. The molecule has 1 N–H and O–H groups in total. The van der Waals surface area contributed by atoms with Crippen molar-refractivity contribution < 1.29 is 0 Å². The largest absolute Gasteiger partial charge is 0.305 e. The first-order valence-corrected chi connectivity index (χ1v) is 8.74. The molecule has 19 heavy (non-hydrogen) atoms. The number of thiophene rings is 1. The van der Waals surface area contributed by atoms with E-state index in [9.17, 15) is 0 Å². The minimum Gasteiger partial charge on any atom is -0.305 e. The molecule has 1 heterocycles. The van der Waals surface area contributed by atoms with E-state index in [2.05, 4.69) is 81.4 Å². The van der Waals surface area contributed by atoms with Crippen LogP contribution in [0.5, 0.6) is 0 Å². The maximum Gasteiger partial charge on any atom is 0.0320 e. The van der Waals surface area contributed by atoms with E-state index in [0.717, 1.165) is 17.4 Å². The van der Waals surface area contributed by atoms with E-state index in [4.69, 9.17) is 0 Å². The molecule has 1 nitrogen and oxygen atoms in total. The summed E-state index contributed by atoms with van der Waals surface area (Å²) in [5, 5.41) is 3.64. The van der Waals surface area contributed by atoms with Crippen LogP contribution in [0.4, 0.5) is 0 Å². The quantitative estimate of drug-likeness (QED) is 0.663. The lowest BCUT2D eigenvalue weighted by Crippen LogP contribution is -2.19. The minimum absolute atomic E-state index is 0.411. The van der Waals surface area contributed by atoms with E-state index in [-0.39, 0.29) is 0 Å². The van der Waals surface area contributed by atoms with Crippen LogP contribution in [0.1, 0.15) is 34.7 Å². The Bertz CT molecular complexity index is 514. The lowest BCUT2D eigenvalue weighted by molar-refractivity contribution is 0.522. The molecule has 0 saturated heterocycles. The van der Waals surface area contributed by atoms with Gasteiger partial charge in [-0.25, -0.2) is 0 Å². The van der Waals surface area contributed by atoms with Gasteiger partial charge in [0.2, 0.25) is 0 Å². The third-order valence-electron chi connectivity index (χ3n) is 3.11. The van der Waals surface area contributed by atoms with Gasteiger partial charge in [0.05, 0.1) is 0 Å². The molecule has 0 spiro atoms. The molecule has 1 aromatic carbocycles. The zero-order valence-corrected chi connectivity index (χ0v) is 15.0. The fourth-order valence-electron chi connectivity index (χ4n) is 2.02. The summed E-state index contributed by atoms with van der Waals surface area (Å²) in [6.07, 6.45) is 1.09. The van der Waals surface area contributed by atoms with Gasteiger partial charge in [-0.1, -0.05) is 35.0 Å². The van der Waals surface area contributed by atoms with Gasteiger partial charge < -0.3 is 5.32 Å². The van der Waals surface area contributed by atoms with Gasteiger partial charge in [-0.2, -0.15) is 0 Å². The Labute approximate surface area is 135 Å². The van der Waals surface area contributed by atoms with Gasteiger partial charge in [0, 0.05) is 31.3 Å². The van der Waals surface area contributed by atoms with E-state index >= 15 is 0 Å². The molecule has 0 aliphatic rings. The molecule has 0 amide bonds. The third kappa shape index (κ3) is 4.15. The van der Waals surface area contributed by atoms with Crippen molar-refractivity contribution in [3.8, 4) is 0 Å². The highest BCUT2D eigenvalue weighted by atomic mass is 79.9. The van der Waals surface area contributed by atoms with Crippen molar-refractivity contribution >= 4 is 43.2 Å². The van der Waals surface area contributed by atoms with Crippen molar-refractivity contribution in [3.63, 3.8) is 0 Å². The van der Waals surface area contributed by atoms with Crippen molar-refractivity contribution in [2.45, 2.75) is 32.9 Å². The summed E-state index contributed by atoms with van der Waals surface area (Å²) in [6.45, 7) is 5.28. The number of aryl methyl sites for hydroxylation is 1. The molecule has 2 aromatic rings. The van der Waals surface area contributed by atoms with Gasteiger partial charge in [-0.3, -0.25) is 0 Å². The standard InChI is InChI=1S/C15H17Br2NS/c1-3-15(11-4-6-12(16)7-5-11)18-9-13-8-14(17)10(2)19-13/h4-8,15,18H,3,9H2,1-2H3. The Balaban J connectivity index is 2.01. The van der Waals surface area contributed by atoms with Gasteiger partial charge in [-0.15, -0.1) is 11.3 Å². The second-order valence-electron chi connectivity index (χ2n) is 4.51. The Kier molecular flexibility index (Phi) is 5.63. The van der Waals surface area contributed by atoms with Gasteiger partial charge >= 0.3 is 0 Å². The number of rotatable bonds is 5. The summed E-state index contributed by atoms with van der Waals surface area (Å²) in [5.74, 6) is 0. The molecule has 2 rings (SSSR count). The third-order valence-corrected chi connectivity index (χ3v) is 5.78. The number of benzene rings is 1. The molecule has 0 radical (unpaired) electrons. The van der Waals surface area contributed by atoms with Gasteiger partial charge in [0.15, 0.2) is 0 Å². The highest BCUT2D eigenvalue weighted by Gasteiger charge is 2.10. The first-order chi connectivity index (χ1) is 9.10. The molecule has 0 fully saturated rings. The van der Waals surface area contributed by atoms with Crippen LogP contribution in [-0.4, -0.2) is 0 Å². The second-order valence-corrected chi connectivity index (χ2v) is 7.62. The van der Waals surface area contributed by atoms with E-state index in [1.165, 1.54) is 19.8 Å². The Hall–Kier alpha value is -0.160. The molecular formula is C15H17Br2NS. The highest BCUT2D eigenvalue weighted by Crippen LogP contribution is 2.27.